The first kappa shape index (κ1) is 15.1. The SMILES string of the molecule is COc1ccc(C(CC2(O)C(=O)Nc3ccccc32)=NO)cc1. The van der Waals surface area contributed by atoms with Gasteiger partial charge in [0.05, 0.1) is 12.8 Å². The Bertz CT molecular complexity index is 770. The predicted octanol–water partition coefficient (Wildman–Crippen LogP) is 2.10. The van der Waals surface area contributed by atoms with E-state index >= 15 is 0 Å². The minimum Gasteiger partial charge on any atom is -0.497 e. The lowest BCUT2D eigenvalue weighted by Crippen LogP contribution is -2.36. The number of methoxy groups -OCH3 is 1. The Morgan fingerprint density at radius 1 is 1.22 bits per heavy atom. The standard InChI is InChI=1S/C17H16N2O4/c1-23-12-8-6-11(7-9-12)15(19-22)10-17(21)13-4-2-3-5-14(13)18-16(17)20/h2-9,21-22H,10H2,1H3,(H,18,20). The van der Waals surface area contributed by atoms with Crippen molar-refractivity contribution in [3.8, 4) is 5.75 Å². The van der Waals surface area contributed by atoms with Gasteiger partial charge in [0.15, 0.2) is 5.60 Å². The van der Waals surface area contributed by atoms with Gasteiger partial charge >= 0.3 is 0 Å². The van der Waals surface area contributed by atoms with E-state index in [1.54, 1.807) is 55.6 Å². The molecule has 0 bridgehead atoms. The summed E-state index contributed by atoms with van der Waals surface area (Å²) in [5, 5.41) is 26.1. The van der Waals surface area contributed by atoms with Crippen LogP contribution in [0.5, 0.6) is 5.75 Å². The number of ether oxygens (including phenoxy) is 1. The summed E-state index contributed by atoms with van der Waals surface area (Å²) in [5.41, 5.74) is 0.0746. The third-order valence-corrected chi connectivity index (χ3v) is 3.96. The molecule has 0 aromatic heterocycles. The number of hydrogen-bond donors (Lipinski definition) is 3. The lowest BCUT2D eigenvalue weighted by Gasteiger charge is -2.21. The Hall–Kier alpha value is -2.86. The first-order valence-electron chi connectivity index (χ1n) is 7.07. The molecule has 3 rings (SSSR count). The van der Waals surface area contributed by atoms with Gasteiger partial charge < -0.3 is 20.4 Å². The average molecular weight is 312 g/mol. The highest BCUT2D eigenvalue weighted by Crippen LogP contribution is 2.39. The zero-order chi connectivity index (χ0) is 16.4. The van der Waals surface area contributed by atoms with Crippen molar-refractivity contribution < 1.29 is 19.8 Å². The van der Waals surface area contributed by atoms with Gasteiger partial charge in [-0.3, -0.25) is 4.79 Å². The third-order valence-electron chi connectivity index (χ3n) is 3.96. The summed E-state index contributed by atoms with van der Waals surface area (Å²) < 4.78 is 5.08. The molecule has 3 N–H and O–H groups in total. The first-order valence-corrected chi connectivity index (χ1v) is 7.07. The van der Waals surface area contributed by atoms with Crippen LogP contribution in [0.4, 0.5) is 5.69 Å². The van der Waals surface area contributed by atoms with Crippen LogP contribution in [0.1, 0.15) is 17.5 Å². The Labute approximate surface area is 133 Å². The fraction of sp³-hybridized carbons (Fsp3) is 0.176. The Kier molecular flexibility index (Phi) is 3.75. The molecule has 23 heavy (non-hydrogen) atoms. The number of amides is 1. The van der Waals surface area contributed by atoms with Crippen molar-refractivity contribution >= 4 is 17.3 Å². The van der Waals surface area contributed by atoms with Crippen LogP contribution in [0.3, 0.4) is 0 Å². The molecule has 6 heteroatoms. The molecule has 0 fully saturated rings. The van der Waals surface area contributed by atoms with E-state index in [0.717, 1.165) is 0 Å². The number of anilines is 1. The van der Waals surface area contributed by atoms with Crippen LogP contribution in [-0.4, -0.2) is 29.0 Å². The zero-order valence-electron chi connectivity index (χ0n) is 12.5. The molecule has 2 aromatic rings. The van der Waals surface area contributed by atoms with Gasteiger partial charge in [0.25, 0.3) is 5.91 Å². The summed E-state index contributed by atoms with van der Waals surface area (Å²) in [6.45, 7) is 0. The zero-order valence-corrected chi connectivity index (χ0v) is 12.5. The van der Waals surface area contributed by atoms with Gasteiger partial charge in [-0.2, -0.15) is 0 Å². The van der Waals surface area contributed by atoms with Crippen LogP contribution < -0.4 is 10.1 Å². The second-order valence-electron chi connectivity index (χ2n) is 5.31. The Balaban J connectivity index is 1.94. The van der Waals surface area contributed by atoms with E-state index in [2.05, 4.69) is 10.5 Å². The second kappa shape index (κ2) is 5.73. The molecule has 1 aliphatic rings. The van der Waals surface area contributed by atoms with E-state index in [4.69, 9.17) is 4.74 Å². The number of nitrogens with zero attached hydrogens (tertiary/aromatic N) is 1. The van der Waals surface area contributed by atoms with E-state index in [0.29, 0.717) is 22.6 Å². The largest absolute Gasteiger partial charge is 0.497 e. The fourth-order valence-electron chi connectivity index (χ4n) is 2.70. The molecule has 1 amide bonds. The molecule has 1 aliphatic heterocycles. The van der Waals surface area contributed by atoms with Gasteiger partial charge in [-0.15, -0.1) is 0 Å². The maximum atomic E-state index is 12.2. The second-order valence-corrected chi connectivity index (χ2v) is 5.31. The average Bonchev–Trinajstić information content (AvgIpc) is 2.84. The van der Waals surface area contributed by atoms with Gasteiger partial charge in [-0.25, -0.2) is 0 Å². The molecule has 0 radical (unpaired) electrons. The first-order chi connectivity index (χ1) is 11.1. The molecular weight excluding hydrogens is 296 g/mol. The van der Waals surface area contributed by atoms with Crippen molar-refractivity contribution in [1.82, 2.24) is 0 Å². The number of oxime groups is 1. The highest BCUT2D eigenvalue weighted by Gasteiger charge is 2.46. The number of para-hydroxylation sites is 1. The normalized spacial score (nSPS) is 20.1. The number of carbonyl (C=O) groups excluding carboxylic acids is 1. The van der Waals surface area contributed by atoms with Gasteiger partial charge in [0.2, 0.25) is 0 Å². The molecule has 1 heterocycles. The number of hydrogen-bond acceptors (Lipinski definition) is 5. The Morgan fingerprint density at radius 2 is 1.91 bits per heavy atom. The van der Waals surface area contributed by atoms with Gasteiger partial charge in [-0.1, -0.05) is 23.4 Å². The predicted molar refractivity (Wildman–Crippen MR) is 84.9 cm³/mol. The quantitative estimate of drug-likeness (QED) is 0.458. The summed E-state index contributed by atoms with van der Waals surface area (Å²) in [6.07, 6.45) is -0.140. The van der Waals surface area contributed by atoms with Crippen LogP contribution in [0, 0.1) is 0 Å². The van der Waals surface area contributed by atoms with Crippen molar-refractivity contribution in [3.63, 3.8) is 0 Å². The monoisotopic (exact) mass is 312 g/mol. The van der Waals surface area contributed by atoms with E-state index in [-0.39, 0.29) is 12.1 Å². The smallest absolute Gasteiger partial charge is 0.261 e. The summed E-state index contributed by atoms with van der Waals surface area (Å²) in [5.74, 6) is 0.127. The third kappa shape index (κ3) is 2.53. The van der Waals surface area contributed by atoms with E-state index in [9.17, 15) is 15.1 Å². The van der Waals surface area contributed by atoms with Crippen LogP contribution in [0.2, 0.25) is 0 Å². The number of benzene rings is 2. The van der Waals surface area contributed by atoms with Crippen LogP contribution >= 0.6 is 0 Å². The topological polar surface area (TPSA) is 91.2 Å². The molecule has 0 aliphatic carbocycles. The number of fused-ring (bicyclic) bond motifs is 1. The van der Waals surface area contributed by atoms with Gasteiger partial charge in [-0.05, 0) is 35.9 Å². The van der Waals surface area contributed by atoms with Crippen LogP contribution in [0.25, 0.3) is 0 Å². The summed E-state index contributed by atoms with van der Waals surface area (Å²) in [6, 6.07) is 13.7. The molecule has 0 spiro atoms. The maximum Gasteiger partial charge on any atom is 0.261 e. The van der Waals surface area contributed by atoms with E-state index < -0.39 is 11.5 Å². The van der Waals surface area contributed by atoms with Crippen molar-refractivity contribution in [2.45, 2.75) is 12.0 Å². The molecule has 1 unspecified atom stereocenters. The Morgan fingerprint density at radius 3 is 2.57 bits per heavy atom. The molecule has 6 nitrogen and oxygen atoms in total. The van der Waals surface area contributed by atoms with Crippen molar-refractivity contribution in [1.29, 1.82) is 0 Å². The lowest BCUT2D eigenvalue weighted by molar-refractivity contribution is -0.132. The fourth-order valence-corrected chi connectivity index (χ4v) is 2.70. The van der Waals surface area contributed by atoms with Crippen LogP contribution in [-0.2, 0) is 10.4 Å². The van der Waals surface area contributed by atoms with Crippen molar-refractivity contribution in [3.05, 3.63) is 59.7 Å². The molecule has 1 atom stereocenters. The lowest BCUT2D eigenvalue weighted by atomic mass is 9.88. The number of rotatable bonds is 4. The molecular formula is C17H16N2O4. The van der Waals surface area contributed by atoms with Gasteiger partial charge in [0, 0.05) is 17.7 Å². The number of carbonyl (C=O) groups is 1. The van der Waals surface area contributed by atoms with Crippen molar-refractivity contribution in [2.24, 2.45) is 5.16 Å². The molecule has 118 valence electrons. The number of aliphatic hydroxyl groups is 1. The van der Waals surface area contributed by atoms with Crippen LogP contribution in [0.15, 0.2) is 53.7 Å². The minimum absolute atomic E-state index is 0.140. The van der Waals surface area contributed by atoms with Crippen molar-refractivity contribution in [2.75, 3.05) is 12.4 Å². The summed E-state index contributed by atoms with van der Waals surface area (Å²) >= 11 is 0. The minimum atomic E-state index is -1.77. The van der Waals surface area contributed by atoms with E-state index in [1.807, 2.05) is 0 Å². The highest BCUT2D eigenvalue weighted by atomic mass is 16.5. The summed E-state index contributed by atoms with van der Waals surface area (Å²) in [7, 11) is 1.55. The van der Waals surface area contributed by atoms with E-state index in [1.165, 1.54) is 0 Å². The summed E-state index contributed by atoms with van der Waals surface area (Å²) in [4.78, 5) is 12.2. The molecule has 0 saturated carbocycles. The molecule has 2 aromatic carbocycles. The molecule has 0 saturated heterocycles. The van der Waals surface area contributed by atoms with Gasteiger partial charge in [0.1, 0.15) is 5.75 Å². The maximum absolute atomic E-state index is 12.2. The highest BCUT2D eigenvalue weighted by molar-refractivity contribution is 6.10. The number of nitrogens with one attached hydrogen (secondary N) is 1.